The molecule has 0 unspecified atom stereocenters. The summed E-state index contributed by atoms with van der Waals surface area (Å²) >= 11 is 0. The number of carbonyl (C=O) groups is 1. The summed E-state index contributed by atoms with van der Waals surface area (Å²) in [5.74, 6) is 0.107. The molecule has 1 N–H and O–H groups in total. The maximum Gasteiger partial charge on any atom is 0.354 e. The highest BCUT2D eigenvalue weighted by atomic mass is 16.5. The van der Waals surface area contributed by atoms with Gasteiger partial charge in [0, 0.05) is 5.56 Å². The number of aromatic nitrogens is 3. The van der Waals surface area contributed by atoms with E-state index in [9.17, 15) is 4.79 Å². The maximum absolute atomic E-state index is 11.2. The molecule has 2 heterocycles. The molecule has 0 saturated carbocycles. The van der Waals surface area contributed by atoms with Crippen LogP contribution in [-0.4, -0.2) is 32.8 Å². The summed E-state index contributed by atoms with van der Waals surface area (Å²) in [5, 5.41) is 13.4. The van der Waals surface area contributed by atoms with Crippen LogP contribution in [0.25, 0.3) is 17.0 Å². The number of rotatable bonds is 3. The van der Waals surface area contributed by atoms with Gasteiger partial charge < -0.3 is 9.84 Å². The van der Waals surface area contributed by atoms with Crippen LogP contribution in [0.15, 0.2) is 42.5 Å². The van der Waals surface area contributed by atoms with E-state index in [1.165, 1.54) is 10.6 Å². The van der Waals surface area contributed by atoms with Gasteiger partial charge in [0.2, 0.25) is 0 Å². The van der Waals surface area contributed by atoms with Crippen molar-refractivity contribution in [1.29, 1.82) is 0 Å². The zero-order valence-electron chi connectivity index (χ0n) is 10.6. The van der Waals surface area contributed by atoms with Crippen LogP contribution < -0.4 is 4.74 Å². The van der Waals surface area contributed by atoms with Crippen molar-refractivity contribution >= 4 is 11.6 Å². The number of benzene rings is 1. The Hall–Kier alpha value is -2.89. The standard InChI is InChI=1S/C14H11N3O3/c1-20-10-5-2-4-9(8-10)13-15-12-7-3-6-11(14(18)19)17(12)16-13/h2-8H,1H3,(H,18,19). The summed E-state index contributed by atoms with van der Waals surface area (Å²) in [6.45, 7) is 0. The molecule has 20 heavy (non-hydrogen) atoms. The number of aromatic carboxylic acids is 1. The van der Waals surface area contributed by atoms with Gasteiger partial charge in [-0.3, -0.25) is 0 Å². The molecule has 6 nitrogen and oxygen atoms in total. The summed E-state index contributed by atoms with van der Waals surface area (Å²) in [6.07, 6.45) is 0. The lowest BCUT2D eigenvalue weighted by Crippen LogP contribution is -2.05. The second-order valence-electron chi connectivity index (χ2n) is 4.15. The molecule has 0 bridgehead atoms. The van der Waals surface area contributed by atoms with E-state index < -0.39 is 5.97 Å². The molecule has 0 aliphatic rings. The molecule has 0 spiro atoms. The van der Waals surface area contributed by atoms with E-state index in [0.29, 0.717) is 17.2 Å². The third-order valence-corrected chi connectivity index (χ3v) is 2.91. The Morgan fingerprint density at radius 3 is 2.80 bits per heavy atom. The molecule has 2 aromatic heterocycles. The molecule has 0 aliphatic heterocycles. The van der Waals surface area contributed by atoms with Gasteiger partial charge in [-0.2, -0.15) is 0 Å². The first-order valence-corrected chi connectivity index (χ1v) is 5.92. The van der Waals surface area contributed by atoms with Crippen molar-refractivity contribution in [3.05, 3.63) is 48.2 Å². The molecule has 0 aliphatic carbocycles. The monoisotopic (exact) mass is 269 g/mol. The van der Waals surface area contributed by atoms with Crippen LogP contribution in [-0.2, 0) is 0 Å². The van der Waals surface area contributed by atoms with Crippen molar-refractivity contribution < 1.29 is 14.6 Å². The first-order chi connectivity index (χ1) is 9.69. The molecule has 0 fully saturated rings. The van der Waals surface area contributed by atoms with Crippen LogP contribution >= 0.6 is 0 Å². The minimum atomic E-state index is -1.04. The second kappa shape index (κ2) is 4.65. The Kier molecular flexibility index (Phi) is 2.83. The van der Waals surface area contributed by atoms with Gasteiger partial charge in [0.1, 0.15) is 5.75 Å². The Morgan fingerprint density at radius 1 is 1.25 bits per heavy atom. The van der Waals surface area contributed by atoms with E-state index in [2.05, 4.69) is 10.1 Å². The largest absolute Gasteiger partial charge is 0.497 e. The number of ether oxygens (including phenoxy) is 1. The predicted molar refractivity (Wildman–Crippen MR) is 71.9 cm³/mol. The molecule has 3 aromatic rings. The molecule has 0 atom stereocenters. The molecular formula is C14H11N3O3. The number of carboxylic acid groups (broad SMARTS) is 1. The zero-order chi connectivity index (χ0) is 14.1. The lowest BCUT2D eigenvalue weighted by molar-refractivity contribution is 0.0687. The number of carboxylic acids is 1. The zero-order valence-corrected chi connectivity index (χ0v) is 10.6. The van der Waals surface area contributed by atoms with Gasteiger partial charge in [-0.25, -0.2) is 14.3 Å². The van der Waals surface area contributed by atoms with E-state index in [1.54, 1.807) is 25.3 Å². The van der Waals surface area contributed by atoms with Crippen LogP contribution in [0.3, 0.4) is 0 Å². The maximum atomic E-state index is 11.2. The van der Waals surface area contributed by atoms with Crippen molar-refractivity contribution in [2.45, 2.75) is 0 Å². The molecular weight excluding hydrogens is 258 g/mol. The first-order valence-electron chi connectivity index (χ1n) is 5.92. The van der Waals surface area contributed by atoms with Crippen molar-refractivity contribution in [1.82, 2.24) is 14.6 Å². The number of hydrogen-bond donors (Lipinski definition) is 1. The number of nitrogens with zero attached hydrogens (tertiary/aromatic N) is 3. The number of fused-ring (bicyclic) bond motifs is 1. The van der Waals surface area contributed by atoms with Gasteiger partial charge >= 0.3 is 5.97 Å². The van der Waals surface area contributed by atoms with E-state index >= 15 is 0 Å². The van der Waals surface area contributed by atoms with Crippen LogP contribution in [0.2, 0.25) is 0 Å². The minimum Gasteiger partial charge on any atom is -0.497 e. The highest BCUT2D eigenvalue weighted by Crippen LogP contribution is 2.21. The Balaban J connectivity index is 2.17. The SMILES string of the molecule is COc1cccc(-c2nc3cccc(C(=O)O)n3n2)c1. The molecule has 0 saturated heterocycles. The topological polar surface area (TPSA) is 76.7 Å². The van der Waals surface area contributed by atoms with Crippen LogP contribution in [0.5, 0.6) is 5.75 Å². The second-order valence-corrected chi connectivity index (χ2v) is 4.15. The molecule has 100 valence electrons. The van der Waals surface area contributed by atoms with Crippen molar-refractivity contribution in [3.63, 3.8) is 0 Å². The molecule has 3 rings (SSSR count). The Bertz CT molecular complexity index is 795. The number of methoxy groups -OCH3 is 1. The number of pyridine rings is 1. The van der Waals surface area contributed by atoms with E-state index in [-0.39, 0.29) is 5.69 Å². The van der Waals surface area contributed by atoms with Gasteiger partial charge in [-0.05, 0) is 24.3 Å². The third kappa shape index (κ3) is 1.97. The van der Waals surface area contributed by atoms with Crippen LogP contribution in [0, 0.1) is 0 Å². The normalized spacial score (nSPS) is 10.7. The van der Waals surface area contributed by atoms with Gasteiger partial charge in [-0.15, -0.1) is 5.10 Å². The average Bonchev–Trinajstić information content (AvgIpc) is 2.91. The van der Waals surface area contributed by atoms with Crippen molar-refractivity contribution in [3.8, 4) is 17.1 Å². The van der Waals surface area contributed by atoms with Crippen LogP contribution in [0.4, 0.5) is 0 Å². The van der Waals surface area contributed by atoms with Gasteiger partial charge in [0.25, 0.3) is 0 Å². The van der Waals surface area contributed by atoms with Crippen molar-refractivity contribution in [2.75, 3.05) is 7.11 Å². The lowest BCUT2D eigenvalue weighted by Gasteiger charge is -2.00. The Morgan fingerprint density at radius 2 is 2.05 bits per heavy atom. The summed E-state index contributed by atoms with van der Waals surface area (Å²) in [6, 6.07) is 12.1. The van der Waals surface area contributed by atoms with Gasteiger partial charge in [0.05, 0.1) is 7.11 Å². The number of hydrogen-bond acceptors (Lipinski definition) is 4. The van der Waals surface area contributed by atoms with Gasteiger partial charge in [0.15, 0.2) is 17.2 Å². The summed E-state index contributed by atoms with van der Waals surface area (Å²) in [7, 11) is 1.58. The minimum absolute atomic E-state index is 0.0733. The highest BCUT2D eigenvalue weighted by Gasteiger charge is 2.13. The summed E-state index contributed by atoms with van der Waals surface area (Å²) in [5.41, 5.74) is 1.33. The molecule has 0 amide bonds. The molecule has 6 heteroatoms. The van der Waals surface area contributed by atoms with E-state index in [4.69, 9.17) is 9.84 Å². The van der Waals surface area contributed by atoms with E-state index in [0.717, 1.165) is 5.56 Å². The highest BCUT2D eigenvalue weighted by molar-refractivity contribution is 5.86. The fourth-order valence-electron chi connectivity index (χ4n) is 1.95. The fourth-order valence-corrected chi connectivity index (χ4v) is 1.95. The van der Waals surface area contributed by atoms with Crippen LogP contribution in [0.1, 0.15) is 10.5 Å². The quantitative estimate of drug-likeness (QED) is 0.788. The third-order valence-electron chi connectivity index (χ3n) is 2.91. The smallest absolute Gasteiger partial charge is 0.354 e. The molecule has 1 aromatic carbocycles. The Labute approximate surface area is 114 Å². The van der Waals surface area contributed by atoms with Gasteiger partial charge in [-0.1, -0.05) is 18.2 Å². The summed E-state index contributed by atoms with van der Waals surface area (Å²) in [4.78, 5) is 15.5. The summed E-state index contributed by atoms with van der Waals surface area (Å²) < 4.78 is 6.47. The lowest BCUT2D eigenvalue weighted by atomic mass is 10.2. The average molecular weight is 269 g/mol. The predicted octanol–water partition coefficient (Wildman–Crippen LogP) is 2.10. The first kappa shape index (κ1) is 12.2. The molecule has 0 radical (unpaired) electrons. The van der Waals surface area contributed by atoms with Crippen molar-refractivity contribution in [2.24, 2.45) is 0 Å². The van der Waals surface area contributed by atoms with E-state index in [1.807, 2.05) is 18.2 Å². The fraction of sp³-hybridized carbons (Fsp3) is 0.0714.